The van der Waals surface area contributed by atoms with E-state index in [0.717, 1.165) is 11.1 Å². The molecule has 124 valence electrons. The van der Waals surface area contributed by atoms with Gasteiger partial charge in [0.1, 0.15) is 12.0 Å². The van der Waals surface area contributed by atoms with E-state index in [9.17, 15) is 4.79 Å². The van der Waals surface area contributed by atoms with Gasteiger partial charge in [0.15, 0.2) is 0 Å². The summed E-state index contributed by atoms with van der Waals surface area (Å²) in [6.07, 6.45) is 6.20. The van der Waals surface area contributed by atoms with Crippen LogP contribution in [-0.2, 0) is 9.53 Å². The zero-order valence-electron chi connectivity index (χ0n) is 14.4. The summed E-state index contributed by atoms with van der Waals surface area (Å²) >= 11 is 0. The number of hydrogen-bond donors (Lipinski definition) is 0. The van der Waals surface area contributed by atoms with Crippen LogP contribution in [0.3, 0.4) is 0 Å². The maximum Gasteiger partial charge on any atom is 0.128 e. The van der Waals surface area contributed by atoms with Crippen LogP contribution in [0, 0.1) is 0 Å². The summed E-state index contributed by atoms with van der Waals surface area (Å²) in [6, 6.07) is 10.7. The molecule has 1 aromatic carbocycles. The average molecular weight is 313 g/mol. The number of benzene rings is 1. The third kappa shape index (κ3) is 3.01. The second kappa shape index (κ2) is 6.60. The molecule has 0 aromatic heterocycles. The molecule has 0 bridgehead atoms. The highest BCUT2D eigenvalue weighted by Crippen LogP contribution is 2.51. The van der Waals surface area contributed by atoms with Crippen molar-refractivity contribution in [2.75, 3.05) is 7.05 Å². The maximum absolute atomic E-state index is 11.4. The molecule has 0 aliphatic heterocycles. The van der Waals surface area contributed by atoms with Crippen LogP contribution < -0.4 is 0 Å². The molecule has 0 spiro atoms. The summed E-state index contributed by atoms with van der Waals surface area (Å²) in [5, 5.41) is 0. The van der Waals surface area contributed by atoms with E-state index in [4.69, 9.17) is 4.74 Å². The van der Waals surface area contributed by atoms with Crippen LogP contribution in [0.5, 0.6) is 0 Å². The molecule has 0 heterocycles. The summed E-state index contributed by atoms with van der Waals surface area (Å²) in [6.45, 7) is 4.18. The van der Waals surface area contributed by atoms with Crippen LogP contribution in [0.2, 0.25) is 0 Å². The summed E-state index contributed by atoms with van der Waals surface area (Å²) in [4.78, 5) is 13.8. The quantitative estimate of drug-likeness (QED) is 0.772. The fourth-order valence-electron chi connectivity index (χ4n) is 3.98. The smallest absolute Gasteiger partial charge is 0.128 e. The van der Waals surface area contributed by atoms with Gasteiger partial charge < -0.3 is 4.74 Å². The molecular formula is C20H27NO2. The predicted molar refractivity (Wildman–Crippen MR) is 92.0 cm³/mol. The van der Waals surface area contributed by atoms with Gasteiger partial charge in [-0.2, -0.15) is 0 Å². The van der Waals surface area contributed by atoms with Gasteiger partial charge in [-0.15, -0.1) is 0 Å². The van der Waals surface area contributed by atoms with Crippen molar-refractivity contribution in [3.05, 3.63) is 41.5 Å². The molecule has 3 rings (SSSR count). The van der Waals surface area contributed by atoms with E-state index in [1.165, 1.54) is 32.1 Å². The first-order valence-electron chi connectivity index (χ1n) is 8.78. The Balaban J connectivity index is 1.71. The monoisotopic (exact) mass is 313 g/mol. The number of rotatable bonds is 5. The summed E-state index contributed by atoms with van der Waals surface area (Å²) in [5.41, 5.74) is 1.63. The molecule has 1 aromatic rings. The predicted octanol–water partition coefficient (Wildman–Crippen LogP) is 3.93. The zero-order chi connectivity index (χ0) is 16.4. The molecule has 0 N–H and O–H groups in total. The topological polar surface area (TPSA) is 29.5 Å². The van der Waals surface area contributed by atoms with Crippen molar-refractivity contribution in [1.29, 1.82) is 0 Å². The second-order valence-electron chi connectivity index (χ2n) is 7.14. The van der Waals surface area contributed by atoms with Gasteiger partial charge in [-0.1, -0.05) is 49.6 Å². The van der Waals surface area contributed by atoms with Gasteiger partial charge in [0.05, 0.1) is 17.2 Å². The second-order valence-corrected chi connectivity index (χ2v) is 7.14. The SMILES string of the molecule is CC(OC1C(=C=O)C1(C)N(C)C1CCCCC1)c1ccccc1. The standard InChI is InChI=1S/C20H27NO2/c1-15(16-10-6-4-7-11-16)23-19-18(14-22)20(19,2)21(3)17-12-8-5-9-13-17/h4,6-7,10-11,15,17,19H,5,8-9,12-13H2,1-3H3. The normalized spacial score (nSPS) is 29.4. The number of nitrogens with zero attached hydrogens (tertiary/aromatic N) is 1. The van der Waals surface area contributed by atoms with Crippen molar-refractivity contribution in [3.63, 3.8) is 0 Å². The van der Waals surface area contributed by atoms with Crippen LogP contribution in [-0.4, -0.2) is 35.6 Å². The van der Waals surface area contributed by atoms with Gasteiger partial charge in [-0.25, -0.2) is 4.79 Å². The van der Waals surface area contributed by atoms with Crippen LogP contribution in [0.1, 0.15) is 57.6 Å². The lowest BCUT2D eigenvalue weighted by atomic mass is 9.93. The molecule has 2 fully saturated rings. The van der Waals surface area contributed by atoms with Gasteiger partial charge in [0, 0.05) is 6.04 Å². The molecule has 3 nitrogen and oxygen atoms in total. The Hall–Kier alpha value is -1.41. The van der Waals surface area contributed by atoms with E-state index < -0.39 is 0 Å². The molecule has 3 unspecified atom stereocenters. The summed E-state index contributed by atoms with van der Waals surface area (Å²) < 4.78 is 6.24. The molecular weight excluding hydrogens is 286 g/mol. The summed E-state index contributed by atoms with van der Waals surface area (Å²) in [7, 11) is 2.14. The minimum Gasteiger partial charge on any atom is -0.363 e. The fraction of sp³-hybridized carbons (Fsp3) is 0.600. The van der Waals surface area contributed by atoms with Crippen LogP contribution in [0.25, 0.3) is 0 Å². The highest BCUT2D eigenvalue weighted by Gasteiger charge is 2.63. The van der Waals surface area contributed by atoms with Crippen LogP contribution >= 0.6 is 0 Å². The Kier molecular flexibility index (Phi) is 4.72. The first-order chi connectivity index (χ1) is 11.1. The number of carbonyl (C=O) groups excluding carboxylic acids is 1. The number of ether oxygens (including phenoxy) is 1. The fourth-order valence-corrected chi connectivity index (χ4v) is 3.98. The molecule has 2 saturated carbocycles. The minimum atomic E-state index is -0.285. The first kappa shape index (κ1) is 16.4. The highest BCUT2D eigenvalue weighted by molar-refractivity contribution is 5.70. The van der Waals surface area contributed by atoms with E-state index in [2.05, 4.69) is 43.9 Å². The number of likely N-dealkylation sites (N-methyl/N-ethyl adjacent to an activating group) is 1. The van der Waals surface area contributed by atoms with Crippen molar-refractivity contribution in [3.8, 4) is 0 Å². The first-order valence-corrected chi connectivity index (χ1v) is 8.78. The van der Waals surface area contributed by atoms with Crippen molar-refractivity contribution in [2.24, 2.45) is 0 Å². The van der Waals surface area contributed by atoms with E-state index in [0.29, 0.717) is 6.04 Å². The van der Waals surface area contributed by atoms with Gasteiger partial charge in [-0.05, 0) is 39.3 Å². The van der Waals surface area contributed by atoms with Gasteiger partial charge in [-0.3, -0.25) is 4.90 Å². The molecule has 0 amide bonds. The van der Waals surface area contributed by atoms with Crippen LogP contribution in [0.4, 0.5) is 0 Å². The maximum atomic E-state index is 11.4. The van der Waals surface area contributed by atoms with Crippen LogP contribution in [0.15, 0.2) is 35.9 Å². The van der Waals surface area contributed by atoms with Gasteiger partial charge in [0.2, 0.25) is 0 Å². The van der Waals surface area contributed by atoms with Crippen molar-refractivity contribution in [1.82, 2.24) is 4.90 Å². The molecule has 3 heteroatoms. The Bertz CT molecular complexity index is 587. The van der Waals surface area contributed by atoms with E-state index in [1.807, 2.05) is 18.2 Å². The molecule has 3 atom stereocenters. The molecule has 23 heavy (non-hydrogen) atoms. The highest BCUT2D eigenvalue weighted by atomic mass is 16.5. The lowest BCUT2D eigenvalue weighted by Gasteiger charge is -2.36. The van der Waals surface area contributed by atoms with E-state index >= 15 is 0 Å². The zero-order valence-corrected chi connectivity index (χ0v) is 14.4. The lowest BCUT2D eigenvalue weighted by Crippen LogP contribution is -2.44. The Labute approximate surface area is 139 Å². The minimum absolute atomic E-state index is 0.0221. The van der Waals surface area contributed by atoms with Crippen molar-refractivity contribution < 1.29 is 9.53 Å². The third-order valence-electron chi connectivity index (χ3n) is 5.81. The molecule has 0 saturated heterocycles. The average Bonchev–Trinajstić information content (AvgIpc) is 3.19. The van der Waals surface area contributed by atoms with Crippen molar-refractivity contribution in [2.45, 2.75) is 69.7 Å². The largest absolute Gasteiger partial charge is 0.363 e. The molecule has 2 aliphatic rings. The number of hydrogen-bond acceptors (Lipinski definition) is 3. The Morgan fingerprint density at radius 3 is 2.48 bits per heavy atom. The Morgan fingerprint density at radius 2 is 1.87 bits per heavy atom. The Morgan fingerprint density at radius 1 is 1.22 bits per heavy atom. The molecule has 2 aliphatic carbocycles. The van der Waals surface area contributed by atoms with Gasteiger partial charge in [0.25, 0.3) is 0 Å². The van der Waals surface area contributed by atoms with E-state index in [1.54, 1.807) is 0 Å². The lowest BCUT2D eigenvalue weighted by molar-refractivity contribution is 0.00826. The summed E-state index contributed by atoms with van der Waals surface area (Å²) in [5.74, 6) is 2.16. The third-order valence-corrected chi connectivity index (χ3v) is 5.81. The molecule has 0 radical (unpaired) electrons. The van der Waals surface area contributed by atoms with Crippen molar-refractivity contribution >= 4 is 5.94 Å². The van der Waals surface area contributed by atoms with Gasteiger partial charge >= 0.3 is 0 Å². The van der Waals surface area contributed by atoms with E-state index in [-0.39, 0.29) is 17.7 Å².